The number of anilines is 1. The second-order valence-corrected chi connectivity index (χ2v) is 4.12. The molecule has 0 aliphatic carbocycles. The summed E-state index contributed by atoms with van der Waals surface area (Å²) in [5.41, 5.74) is 6.72. The predicted octanol–water partition coefficient (Wildman–Crippen LogP) is 2.29. The highest BCUT2D eigenvalue weighted by atomic mass is 79.9. The molecule has 3 nitrogen and oxygen atoms in total. The van der Waals surface area contributed by atoms with Gasteiger partial charge in [0, 0.05) is 23.8 Å². The zero-order chi connectivity index (χ0) is 11.4. The second-order valence-electron chi connectivity index (χ2n) is 3.21. The minimum Gasteiger partial charge on any atom is -0.398 e. The van der Waals surface area contributed by atoms with E-state index in [2.05, 4.69) is 22.5 Å². The van der Waals surface area contributed by atoms with E-state index in [1.165, 1.54) is 0 Å². The highest BCUT2D eigenvalue weighted by molar-refractivity contribution is 9.10. The van der Waals surface area contributed by atoms with E-state index in [4.69, 9.17) is 5.73 Å². The van der Waals surface area contributed by atoms with E-state index in [1.807, 2.05) is 0 Å². The van der Waals surface area contributed by atoms with Gasteiger partial charge >= 0.3 is 0 Å². The van der Waals surface area contributed by atoms with E-state index in [9.17, 15) is 4.79 Å². The molecule has 15 heavy (non-hydrogen) atoms. The molecule has 1 aromatic carbocycles. The van der Waals surface area contributed by atoms with Crippen LogP contribution >= 0.6 is 15.9 Å². The summed E-state index contributed by atoms with van der Waals surface area (Å²) < 4.78 is 0.840. The Labute approximate surface area is 97.7 Å². The van der Waals surface area contributed by atoms with Crippen LogP contribution in [0.1, 0.15) is 10.4 Å². The van der Waals surface area contributed by atoms with Gasteiger partial charge in [-0.2, -0.15) is 0 Å². The molecular weight excluding hydrogens is 256 g/mol. The standard InChI is InChI=1S/C11H13BrN2O/c1-3-6-14(2)11(15)9-7-8(12)4-5-10(9)13/h3-5,7H,1,6,13H2,2H3. The third-order valence-corrected chi connectivity index (χ3v) is 2.49. The van der Waals surface area contributed by atoms with Crippen molar-refractivity contribution >= 4 is 27.5 Å². The van der Waals surface area contributed by atoms with E-state index in [1.54, 1.807) is 36.2 Å². The van der Waals surface area contributed by atoms with Gasteiger partial charge in [0.05, 0.1) is 5.56 Å². The van der Waals surface area contributed by atoms with E-state index in [0.717, 1.165) is 4.47 Å². The summed E-state index contributed by atoms with van der Waals surface area (Å²) in [5, 5.41) is 0. The summed E-state index contributed by atoms with van der Waals surface area (Å²) in [6.07, 6.45) is 1.67. The van der Waals surface area contributed by atoms with Crippen LogP contribution in [0.15, 0.2) is 35.3 Å². The Kier molecular flexibility index (Phi) is 3.91. The maximum atomic E-state index is 11.9. The molecule has 4 heteroatoms. The number of nitrogens with two attached hydrogens (primary N) is 1. The van der Waals surface area contributed by atoms with Gasteiger partial charge in [-0.15, -0.1) is 6.58 Å². The number of nitrogens with zero attached hydrogens (tertiary/aromatic N) is 1. The average Bonchev–Trinajstić information content (AvgIpc) is 2.21. The molecule has 0 radical (unpaired) electrons. The van der Waals surface area contributed by atoms with Gasteiger partial charge in [0.25, 0.3) is 5.91 Å². The van der Waals surface area contributed by atoms with Crippen LogP contribution < -0.4 is 5.73 Å². The Balaban J connectivity index is 2.99. The number of halogens is 1. The Bertz CT molecular complexity index is 390. The SMILES string of the molecule is C=CCN(C)C(=O)c1cc(Br)ccc1N. The molecule has 0 spiro atoms. The molecule has 0 fully saturated rings. The number of carbonyl (C=O) groups is 1. The van der Waals surface area contributed by atoms with Gasteiger partial charge in [0.1, 0.15) is 0 Å². The fraction of sp³-hybridized carbons (Fsp3) is 0.182. The minimum atomic E-state index is -0.103. The highest BCUT2D eigenvalue weighted by Gasteiger charge is 2.13. The minimum absolute atomic E-state index is 0.103. The Morgan fingerprint density at radius 2 is 2.33 bits per heavy atom. The first kappa shape index (κ1) is 11.8. The molecule has 0 saturated heterocycles. The lowest BCUT2D eigenvalue weighted by molar-refractivity contribution is 0.0811. The molecule has 0 aliphatic rings. The van der Waals surface area contributed by atoms with Crippen molar-refractivity contribution in [3.8, 4) is 0 Å². The van der Waals surface area contributed by atoms with Crippen LogP contribution in [0.2, 0.25) is 0 Å². The molecule has 0 aromatic heterocycles. The molecule has 2 N–H and O–H groups in total. The molecule has 0 aliphatic heterocycles. The van der Waals surface area contributed by atoms with Crippen molar-refractivity contribution in [1.29, 1.82) is 0 Å². The van der Waals surface area contributed by atoms with Crippen LogP contribution in [-0.2, 0) is 0 Å². The summed E-state index contributed by atoms with van der Waals surface area (Å²) in [5.74, 6) is -0.103. The maximum absolute atomic E-state index is 11.9. The number of amides is 1. The number of nitrogen functional groups attached to an aromatic ring is 1. The van der Waals surface area contributed by atoms with Crippen molar-refractivity contribution in [2.24, 2.45) is 0 Å². The first-order chi connectivity index (χ1) is 7.06. The molecule has 1 aromatic rings. The normalized spacial score (nSPS) is 9.73. The Hall–Kier alpha value is -1.29. The van der Waals surface area contributed by atoms with E-state index >= 15 is 0 Å². The third kappa shape index (κ3) is 2.83. The molecule has 1 amide bonds. The van der Waals surface area contributed by atoms with Crippen LogP contribution in [0.25, 0.3) is 0 Å². The molecule has 0 unspecified atom stereocenters. The summed E-state index contributed by atoms with van der Waals surface area (Å²) in [4.78, 5) is 13.4. The summed E-state index contributed by atoms with van der Waals surface area (Å²) >= 11 is 3.31. The zero-order valence-corrected chi connectivity index (χ0v) is 10.1. The van der Waals surface area contributed by atoms with Gasteiger partial charge in [-0.05, 0) is 18.2 Å². The van der Waals surface area contributed by atoms with Crippen LogP contribution in [0, 0.1) is 0 Å². The molecule has 80 valence electrons. The van der Waals surface area contributed by atoms with Crippen molar-refractivity contribution in [1.82, 2.24) is 4.90 Å². The van der Waals surface area contributed by atoms with Gasteiger partial charge in [0.2, 0.25) is 0 Å². The molecule has 0 atom stereocenters. The van der Waals surface area contributed by atoms with Gasteiger partial charge in [-0.3, -0.25) is 4.79 Å². The van der Waals surface area contributed by atoms with Crippen LogP contribution in [0.5, 0.6) is 0 Å². The van der Waals surface area contributed by atoms with Crippen molar-refractivity contribution in [3.05, 3.63) is 40.9 Å². The van der Waals surface area contributed by atoms with Gasteiger partial charge in [-0.1, -0.05) is 22.0 Å². The van der Waals surface area contributed by atoms with Crippen molar-refractivity contribution in [3.63, 3.8) is 0 Å². The topological polar surface area (TPSA) is 46.3 Å². The fourth-order valence-corrected chi connectivity index (χ4v) is 1.56. The first-order valence-corrected chi connectivity index (χ1v) is 5.27. The van der Waals surface area contributed by atoms with Gasteiger partial charge in [-0.25, -0.2) is 0 Å². The van der Waals surface area contributed by atoms with E-state index in [0.29, 0.717) is 17.8 Å². The number of carbonyl (C=O) groups excluding carboxylic acids is 1. The quantitative estimate of drug-likeness (QED) is 0.676. The largest absolute Gasteiger partial charge is 0.398 e. The average molecular weight is 269 g/mol. The molecule has 0 saturated carbocycles. The lowest BCUT2D eigenvalue weighted by Crippen LogP contribution is -2.27. The van der Waals surface area contributed by atoms with Crippen LogP contribution in [-0.4, -0.2) is 24.4 Å². The Morgan fingerprint density at radius 3 is 2.93 bits per heavy atom. The van der Waals surface area contributed by atoms with E-state index in [-0.39, 0.29) is 5.91 Å². The molecule has 0 bridgehead atoms. The van der Waals surface area contributed by atoms with Crippen LogP contribution in [0.3, 0.4) is 0 Å². The van der Waals surface area contributed by atoms with Gasteiger partial charge < -0.3 is 10.6 Å². The number of likely N-dealkylation sites (N-methyl/N-ethyl adjacent to an activating group) is 1. The maximum Gasteiger partial charge on any atom is 0.256 e. The van der Waals surface area contributed by atoms with Crippen molar-refractivity contribution < 1.29 is 4.79 Å². The Morgan fingerprint density at radius 1 is 1.67 bits per heavy atom. The number of hydrogen-bond acceptors (Lipinski definition) is 2. The van der Waals surface area contributed by atoms with Gasteiger partial charge in [0.15, 0.2) is 0 Å². The van der Waals surface area contributed by atoms with Crippen molar-refractivity contribution in [2.45, 2.75) is 0 Å². The fourth-order valence-electron chi connectivity index (χ4n) is 1.20. The van der Waals surface area contributed by atoms with E-state index < -0.39 is 0 Å². The summed E-state index contributed by atoms with van der Waals surface area (Å²) in [7, 11) is 1.71. The summed E-state index contributed by atoms with van der Waals surface area (Å²) in [6.45, 7) is 4.09. The lowest BCUT2D eigenvalue weighted by atomic mass is 10.1. The molecular formula is C11H13BrN2O. The number of hydrogen-bond donors (Lipinski definition) is 1. The molecule has 0 heterocycles. The smallest absolute Gasteiger partial charge is 0.256 e. The highest BCUT2D eigenvalue weighted by Crippen LogP contribution is 2.19. The second kappa shape index (κ2) is 4.98. The zero-order valence-electron chi connectivity index (χ0n) is 8.53. The lowest BCUT2D eigenvalue weighted by Gasteiger charge is -2.16. The molecule has 1 rings (SSSR count). The third-order valence-electron chi connectivity index (χ3n) is 2.00. The number of rotatable bonds is 3. The predicted molar refractivity (Wildman–Crippen MR) is 65.7 cm³/mol. The monoisotopic (exact) mass is 268 g/mol. The van der Waals surface area contributed by atoms with Crippen LogP contribution in [0.4, 0.5) is 5.69 Å². The first-order valence-electron chi connectivity index (χ1n) is 4.47. The van der Waals surface area contributed by atoms with Crippen molar-refractivity contribution in [2.75, 3.05) is 19.3 Å². The summed E-state index contributed by atoms with van der Waals surface area (Å²) in [6, 6.07) is 5.23. The number of benzene rings is 1.